The Morgan fingerprint density at radius 2 is 1.75 bits per heavy atom. The van der Waals surface area contributed by atoms with Crippen LogP contribution in [-0.2, 0) is 0 Å². The Kier molecular flexibility index (Phi) is 5.34. The minimum Gasteiger partial charge on any atom is -0.507 e. The number of benzene rings is 1. The van der Waals surface area contributed by atoms with Gasteiger partial charge >= 0.3 is 6.03 Å². The van der Waals surface area contributed by atoms with Gasteiger partial charge in [0.05, 0.1) is 11.4 Å². The van der Waals surface area contributed by atoms with E-state index < -0.39 is 0 Å². The number of pyridine rings is 1. The van der Waals surface area contributed by atoms with Crippen LogP contribution >= 0.6 is 0 Å². The maximum atomic E-state index is 12.8. The van der Waals surface area contributed by atoms with Crippen LogP contribution in [-0.4, -0.2) is 37.9 Å². The van der Waals surface area contributed by atoms with E-state index in [2.05, 4.69) is 20.7 Å². The number of hydrogen-bond acceptors (Lipinski definition) is 5. The van der Waals surface area contributed by atoms with Gasteiger partial charge in [-0.05, 0) is 62.1 Å². The third-order valence-corrected chi connectivity index (χ3v) is 6.08. The molecule has 3 N–H and O–H groups in total. The molecule has 8 heteroatoms. The fourth-order valence-electron chi connectivity index (χ4n) is 4.19. The molecule has 2 aromatic heterocycles. The topological polar surface area (TPSA) is 109 Å². The van der Waals surface area contributed by atoms with E-state index in [4.69, 9.17) is 0 Å². The van der Waals surface area contributed by atoms with Crippen molar-refractivity contribution in [3.8, 4) is 17.0 Å². The van der Waals surface area contributed by atoms with Gasteiger partial charge in [-0.15, -0.1) is 0 Å². The molecule has 2 heterocycles. The third-order valence-electron chi connectivity index (χ3n) is 6.08. The van der Waals surface area contributed by atoms with E-state index in [1.54, 1.807) is 36.7 Å². The SMILES string of the molecule is O=C(Nc1ccc(O)c(-c2cc(C3CCCC3)n(C(=O)NC3CC3)n2)c1)c1ccncc1. The number of nitrogens with one attached hydrogen (secondary N) is 2. The number of carbonyl (C=O) groups is 2. The van der Waals surface area contributed by atoms with Crippen molar-refractivity contribution in [3.63, 3.8) is 0 Å². The highest BCUT2D eigenvalue weighted by atomic mass is 16.3. The van der Waals surface area contributed by atoms with Crippen molar-refractivity contribution in [2.45, 2.75) is 50.5 Å². The molecule has 0 spiro atoms. The third kappa shape index (κ3) is 4.21. The second kappa shape index (κ2) is 8.45. The molecular weight excluding hydrogens is 406 g/mol. The molecule has 0 unspecified atom stereocenters. The molecule has 2 amide bonds. The van der Waals surface area contributed by atoms with E-state index in [9.17, 15) is 14.7 Å². The largest absolute Gasteiger partial charge is 0.507 e. The fraction of sp³-hybridized carbons (Fsp3) is 0.333. The Morgan fingerprint density at radius 1 is 1.00 bits per heavy atom. The summed E-state index contributed by atoms with van der Waals surface area (Å²) in [6.45, 7) is 0. The maximum Gasteiger partial charge on any atom is 0.342 e. The molecule has 0 bridgehead atoms. The minimum atomic E-state index is -0.273. The normalized spacial score (nSPS) is 16.1. The number of anilines is 1. The lowest BCUT2D eigenvalue weighted by Crippen LogP contribution is -2.32. The van der Waals surface area contributed by atoms with Gasteiger partial charge in [-0.1, -0.05) is 12.8 Å². The molecule has 0 radical (unpaired) electrons. The van der Waals surface area contributed by atoms with E-state index in [1.165, 1.54) is 10.7 Å². The number of rotatable bonds is 5. The zero-order chi connectivity index (χ0) is 22.1. The van der Waals surface area contributed by atoms with Crippen LogP contribution in [0.2, 0.25) is 0 Å². The van der Waals surface area contributed by atoms with Gasteiger partial charge in [0.2, 0.25) is 0 Å². The van der Waals surface area contributed by atoms with E-state index in [-0.39, 0.29) is 29.6 Å². The number of aromatic nitrogens is 3. The lowest BCUT2D eigenvalue weighted by molar-refractivity contribution is 0.102. The van der Waals surface area contributed by atoms with Gasteiger partial charge < -0.3 is 15.7 Å². The first-order chi connectivity index (χ1) is 15.6. The Labute approximate surface area is 185 Å². The lowest BCUT2D eigenvalue weighted by atomic mass is 10.0. The van der Waals surface area contributed by atoms with Gasteiger partial charge in [0.15, 0.2) is 0 Å². The van der Waals surface area contributed by atoms with E-state index in [1.807, 2.05) is 6.07 Å². The summed E-state index contributed by atoms with van der Waals surface area (Å²) in [4.78, 5) is 29.3. The predicted octanol–water partition coefficient (Wildman–Crippen LogP) is 4.28. The van der Waals surface area contributed by atoms with Gasteiger partial charge in [0, 0.05) is 41.2 Å². The molecule has 0 atom stereocenters. The molecule has 32 heavy (non-hydrogen) atoms. The Balaban J connectivity index is 1.46. The number of hydrogen-bond donors (Lipinski definition) is 3. The zero-order valence-corrected chi connectivity index (χ0v) is 17.6. The molecule has 1 aromatic carbocycles. The number of nitrogens with zero attached hydrogens (tertiary/aromatic N) is 3. The first-order valence-electron chi connectivity index (χ1n) is 11.0. The highest BCUT2D eigenvalue weighted by molar-refractivity contribution is 6.04. The van der Waals surface area contributed by atoms with Gasteiger partial charge in [-0.25, -0.2) is 4.79 Å². The number of phenolic OH excluding ortho intramolecular Hbond substituents is 1. The highest BCUT2D eigenvalue weighted by Crippen LogP contribution is 2.38. The lowest BCUT2D eigenvalue weighted by Gasteiger charge is -2.11. The van der Waals surface area contributed by atoms with Crippen molar-refractivity contribution in [3.05, 3.63) is 60.0 Å². The molecule has 2 aliphatic rings. The summed E-state index contributed by atoms with van der Waals surface area (Å²) in [5.41, 5.74) is 2.87. The van der Waals surface area contributed by atoms with Crippen molar-refractivity contribution < 1.29 is 14.7 Å². The molecule has 2 saturated carbocycles. The predicted molar refractivity (Wildman–Crippen MR) is 120 cm³/mol. The van der Waals surface area contributed by atoms with Gasteiger partial charge in [0.25, 0.3) is 5.91 Å². The molecular formula is C24H25N5O3. The summed E-state index contributed by atoms with van der Waals surface area (Å²) in [7, 11) is 0. The van der Waals surface area contributed by atoms with Crippen LogP contribution in [0, 0.1) is 0 Å². The van der Waals surface area contributed by atoms with Crippen molar-refractivity contribution in [2.75, 3.05) is 5.32 Å². The van der Waals surface area contributed by atoms with Gasteiger partial charge in [0.1, 0.15) is 5.75 Å². The number of phenols is 1. The molecule has 0 aliphatic heterocycles. The Bertz CT molecular complexity index is 1150. The first kappa shape index (κ1) is 20.2. The molecule has 5 rings (SSSR count). The summed E-state index contributed by atoms with van der Waals surface area (Å²) in [5, 5.41) is 20.9. The highest BCUT2D eigenvalue weighted by Gasteiger charge is 2.29. The Hall–Kier alpha value is -3.68. The fourth-order valence-corrected chi connectivity index (χ4v) is 4.19. The van der Waals surface area contributed by atoms with Crippen LogP contribution in [0.5, 0.6) is 5.75 Å². The van der Waals surface area contributed by atoms with E-state index in [0.717, 1.165) is 44.2 Å². The second-order valence-corrected chi connectivity index (χ2v) is 8.49. The van der Waals surface area contributed by atoms with Crippen molar-refractivity contribution >= 4 is 17.6 Å². The molecule has 0 saturated heterocycles. The first-order valence-corrected chi connectivity index (χ1v) is 11.0. The molecule has 2 aliphatic carbocycles. The summed E-state index contributed by atoms with van der Waals surface area (Å²) in [6, 6.07) is 10.00. The van der Waals surface area contributed by atoms with Crippen LogP contribution in [0.4, 0.5) is 10.5 Å². The Morgan fingerprint density at radius 3 is 2.47 bits per heavy atom. The van der Waals surface area contributed by atoms with Crippen LogP contribution in [0.15, 0.2) is 48.8 Å². The summed E-state index contributed by atoms with van der Waals surface area (Å²) >= 11 is 0. The smallest absolute Gasteiger partial charge is 0.342 e. The second-order valence-electron chi connectivity index (χ2n) is 8.49. The monoisotopic (exact) mass is 431 g/mol. The van der Waals surface area contributed by atoms with Crippen molar-refractivity contribution in [1.82, 2.24) is 20.1 Å². The van der Waals surface area contributed by atoms with E-state index in [0.29, 0.717) is 22.5 Å². The molecule has 164 valence electrons. The molecule has 8 nitrogen and oxygen atoms in total. The van der Waals surface area contributed by atoms with Crippen LogP contribution in [0.3, 0.4) is 0 Å². The van der Waals surface area contributed by atoms with Crippen molar-refractivity contribution in [1.29, 1.82) is 0 Å². The summed E-state index contributed by atoms with van der Waals surface area (Å²) in [6.07, 6.45) is 9.43. The van der Waals surface area contributed by atoms with Crippen LogP contribution in [0.1, 0.15) is 60.5 Å². The van der Waals surface area contributed by atoms with Gasteiger partial charge in [-0.3, -0.25) is 9.78 Å². The molecule has 3 aromatic rings. The minimum absolute atomic E-state index is 0.0390. The average Bonchev–Trinajstić information content (AvgIpc) is 3.27. The number of carbonyl (C=O) groups excluding carboxylic acids is 2. The molecule has 2 fully saturated rings. The van der Waals surface area contributed by atoms with Crippen LogP contribution < -0.4 is 10.6 Å². The summed E-state index contributed by atoms with van der Waals surface area (Å²) in [5.74, 6) is 0.0417. The van der Waals surface area contributed by atoms with Crippen molar-refractivity contribution in [2.24, 2.45) is 0 Å². The quantitative estimate of drug-likeness (QED) is 0.523. The standard InChI is InChI=1S/C24H25N5O3/c30-22-8-7-18(26-23(31)16-9-11-25-12-10-16)13-19(22)20-14-21(15-3-1-2-4-15)29(28-20)24(32)27-17-5-6-17/h7-15,17,30H,1-6H2,(H,26,31)(H,27,32). The average molecular weight is 431 g/mol. The number of aromatic hydroxyl groups is 1. The van der Waals surface area contributed by atoms with Crippen LogP contribution in [0.25, 0.3) is 11.3 Å². The number of amides is 2. The van der Waals surface area contributed by atoms with E-state index >= 15 is 0 Å². The van der Waals surface area contributed by atoms with Gasteiger partial charge in [-0.2, -0.15) is 9.78 Å². The summed E-state index contributed by atoms with van der Waals surface area (Å²) < 4.78 is 1.46. The maximum absolute atomic E-state index is 12.8. The zero-order valence-electron chi connectivity index (χ0n) is 17.6.